The molecule has 6 heteroatoms. The topological polar surface area (TPSA) is 24.0 Å². The van der Waals surface area contributed by atoms with E-state index in [1.54, 1.807) is 0 Å². The number of hydrogen-bond acceptors (Lipinski definition) is 2. The molecule has 1 saturated heterocycles. The molecule has 20 heavy (non-hydrogen) atoms. The first-order valence-electron chi connectivity index (χ1n) is 6.84. The van der Waals surface area contributed by atoms with E-state index in [9.17, 15) is 0 Å². The van der Waals surface area contributed by atoms with E-state index in [1.807, 2.05) is 12.1 Å². The summed E-state index contributed by atoms with van der Waals surface area (Å²) in [6, 6.07) is 4.27. The van der Waals surface area contributed by atoms with E-state index >= 15 is 0 Å². The first-order valence-corrected chi connectivity index (χ1v) is 8.00. The lowest BCUT2D eigenvalue weighted by atomic mass is 10.0. The molecule has 0 radical (unpaired) electrons. The Bertz CT molecular complexity index is 692. The molecule has 2 heterocycles. The molecule has 1 unspecified atom stereocenters. The molecule has 2 aromatic rings. The molecule has 1 fully saturated rings. The van der Waals surface area contributed by atoms with E-state index in [0.29, 0.717) is 16.1 Å². The molecule has 0 bridgehead atoms. The van der Waals surface area contributed by atoms with Crippen LogP contribution in [0, 0.1) is 4.77 Å². The van der Waals surface area contributed by atoms with Crippen molar-refractivity contribution in [1.82, 2.24) is 14.5 Å². The van der Waals surface area contributed by atoms with Crippen molar-refractivity contribution < 1.29 is 0 Å². The van der Waals surface area contributed by atoms with Crippen LogP contribution in [0.2, 0.25) is 10.0 Å². The Morgan fingerprint density at radius 3 is 2.80 bits per heavy atom. The molecule has 0 saturated carbocycles. The lowest BCUT2D eigenvalue weighted by molar-refractivity contribution is 0.168. The van der Waals surface area contributed by atoms with Gasteiger partial charge in [0.2, 0.25) is 0 Å². The van der Waals surface area contributed by atoms with Crippen LogP contribution in [0.15, 0.2) is 12.1 Å². The fraction of sp³-hybridized carbons (Fsp3) is 0.500. The monoisotopic (exact) mass is 329 g/mol. The zero-order chi connectivity index (χ0) is 14.3. The number of halogens is 2. The number of piperidine rings is 1. The standard InChI is InChI=1S/C14H17Cl2N3S/c1-18-5-3-2-4-9(18)8-19-13-7-11(16)10(15)6-12(13)17-14(19)20/h6-7,9H,2-5,8H2,1H3,(H,17,20). The minimum absolute atomic E-state index is 0.531. The summed E-state index contributed by atoms with van der Waals surface area (Å²) >= 11 is 17.6. The summed E-state index contributed by atoms with van der Waals surface area (Å²) in [5.74, 6) is 0. The quantitative estimate of drug-likeness (QED) is 0.820. The molecular weight excluding hydrogens is 313 g/mol. The number of H-pyrrole nitrogens is 1. The van der Waals surface area contributed by atoms with Crippen molar-refractivity contribution >= 4 is 46.5 Å². The van der Waals surface area contributed by atoms with Crippen molar-refractivity contribution in [2.45, 2.75) is 31.8 Å². The second-order valence-corrected chi connectivity index (χ2v) is 6.66. The van der Waals surface area contributed by atoms with Gasteiger partial charge in [0.15, 0.2) is 4.77 Å². The van der Waals surface area contributed by atoms with Crippen LogP contribution in [0.4, 0.5) is 0 Å². The highest BCUT2D eigenvalue weighted by atomic mass is 35.5. The van der Waals surface area contributed by atoms with Gasteiger partial charge in [0.1, 0.15) is 0 Å². The lowest BCUT2D eigenvalue weighted by Gasteiger charge is -2.32. The van der Waals surface area contributed by atoms with Gasteiger partial charge < -0.3 is 14.5 Å². The summed E-state index contributed by atoms with van der Waals surface area (Å²) in [6.45, 7) is 2.06. The van der Waals surface area contributed by atoms with E-state index in [1.165, 1.54) is 19.3 Å². The van der Waals surface area contributed by atoms with Crippen LogP contribution in [0.25, 0.3) is 11.0 Å². The maximum Gasteiger partial charge on any atom is 0.178 e. The van der Waals surface area contributed by atoms with E-state index in [2.05, 4.69) is 21.5 Å². The zero-order valence-electron chi connectivity index (χ0n) is 11.3. The van der Waals surface area contributed by atoms with Gasteiger partial charge in [0.25, 0.3) is 0 Å². The highest BCUT2D eigenvalue weighted by Crippen LogP contribution is 2.28. The molecule has 0 aliphatic carbocycles. The average Bonchev–Trinajstić information content (AvgIpc) is 2.69. The Morgan fingerprint density at radius 2 is 2.05 bits per heavy atom. The largest absolute Gasteiger partial charge is 0.331 e. The van der Waals surface area contributed by atoms with Crippen molar-refractivity contribution in [3.05, 3.63) is 26.9 Å². The molecule has 1 N–H and O–H groups in total. The third-order valence-corrected chi connectivity index (χ3v) is 5.18. The summed E-state index contributed by atoms with van der Waals surface area (Å²) in [5, 5.41) is 1.12. The first-order chi connectivity index (χ1) is 9.56. The number of fused-ring (bicyclic) bond motifs is 1. The van der Waals surface area contributed by atoms with Gasteiger partial charge in [-0.1, -0.05) is 29.6 Å². The van der Waals surface area contributed by atoms with Crippen LogP contribution in [0.1, 0.15) is 19.3 Å². The molecule has 1 aliphatic rings. The summed E-state index contributed by atoms with van der Waals surface area (Å²) in [5.41, 5.74) is 1.98. The summed E-state index contributed by atoms with van der Waals surface area (Å²) in [4.78, 5) is 5.63. The molecule has 0 spiro atoms. The van der Waals surface area contributed by atoms with Gasteiger partial charge in [0.05, 0.1) is 21.1 Å². The third kappa shape index (κ3) is 2.62. The molecule has 0 amide bonds. The van der Waals surface area contributed by atoms with Gasteiger partial charge in [-0.15, -0.1) is 0 Å². The molecule has 1 aliphatic heterocycles. The summed E-state index contributed by atoms with van der Waals surface area (Å²) in [6.07, 6.45) is 3.79. The number of aromatic amines is 1. The van der Waals surface area contributed by atoms with Crippen LogP contribution < -0.4 is 0 Å². The minimum atomic E-state index is 0.531. The Balaban J connectivity index is 2.00. The fourth-order valence-electron chi connectivity index (χ4n) is 2.92. The van der Waals surface area contributed by atoms with Crippen molar-refractivity contribution in [2.75, 3.05) is 13.6 Å². The van der Waals surface area contributed by atoms with E-state index < -0.39 is 0 Å². The Morgan fingerprint density at radius 1 is 1.30 bits per heavy atom. The SMILES string of the molecule is CN1CCCCC1Cn1c(=S)[nH]c2cc(Cl)c(Cl)cc21. The molecule has 3 rings (SSSR count). The van der Waals surface area contributed by atoms with Crippen molar-refractivity contribution in [3.63, 3.8) is 0 Å². The van der Waals surface area contributed by atoms with Crippen LogP contribution >= 0.6 is 35.4 Å². The molecule has 108 valence electrons. The minimum Gasteiger partial charge on any atom is -0.331 e. The van der Waals surface area contributed by atoms with Crippen molar-refractivity contribution in [2.24, 2.45) is 0 Å². The summed E-state index contributed by atoms with van der Waals surface area (Å²) in [7, 11) is 2.19. The third-order valence-electron chi connectivity index (χ3n) is 4.13. The highest BCUT2D eigenvalue weighted by molar-refractivity contribution is 7.71. The van der Waals surface area contributed by atoms with Crippen LogP contribution in [-0.4, -0.2) is 34.1 Å². The lowest BCUT2D eigenvalue weighted by Crippen LogP contribution is -2.39. The number of likely N-dealkylation sites (N-methyl/N-ethyl adjacent to an activating group) is 1. The molecule has 1 aromatic carbocycles. The molecular formula is C14H17Cl2N3S. The van der Waals surface area contributed by atoms with Gasteiger partial charge in [-0.3, -0.25) is 0 Å². The van der Waals surface area contributed by atoms with E-state index in [0.717, 1.165) is 28.9 Å². The number of likely N-dealkylation sites (tertiary alicyclic amines) is 1. The second kappa shape index (κ2) is 5.68. The Labute approximate surface area is 133 Å². The molecule has 1 atom stereocenters. The number of rotatable bonds is 2. The number of nitrogens with one attached hydrogen (secondary N) is 1. The van der Waals surface area contributed by atoms with Gasteiger partial charge in [-0.2, -0.15) is 0 Å². The van der Waals surface area contributed by atoms with Gasteiger partial charge in [-0.25, -0.2) is 0 Å². The maximum absolute atomic E-state index is 6.14. The van der Waals surface area contributed by atoms with Crippen LogP contribution in [-0.2, 0) is 6.54 Å². The number of nitrogens with zero attached hydrogens (tertiary/aromatic N) is 2. The number of aromatic nitrogens is 2. The number of hydrogen-bond donors (Lipinski definition) is 1. The number of imidazole rings is 1. The zero-order valence-corrected chi connectivity index (χ0v) is 13.7. The summed E-state index contributed by atoms with van der Waals surface area (Å²) < 4.78 is 2.87. The smallest absolute Gasteiger partial charge is 0.178 e. The van der Waals surface area contributed by atoms with Crippen molar-refractivity contribution in [3.8, 4) is 0 Å². The van der Waals surface area contributed by atoms with Gasteiger partial charge >= 0.3 is 0 Å². The highest BCUT2D eigenvalue weighted by Gasteiger charge is 2.20. The predicted octanol–water partition coefficient (Wildman–Crippen LogP) is 4.49. The number of benzene rings is 1. The normalized spacial score (nSPS) is 20.6. The van der Waals surface area contributed by atoms with Crippen LogP contribution in [0.3, 0.4) is 0 Å². The average molecular weight is 330 g/mol. The fourth-order valence-corrected chi connectivity index (χ4v) is 3.52. The Kier molecular flexibility index (Phi) is 4.09. The molecule has 1 aromatic heterocycles. The van der Waals surface area contributed by atoms with Crippen molar-refractivity contribution in [1.29, 1.82) is 0 Å². The Hall–Kier alpha value is -0.550. The molecule has 3 nitrogen and oxygen atoms in total. The second-order valence-electron chi connectivity index (χ2n) is 5.45. The first kappa shape index (κ1) is 14.4. The maximum atomic E-state index is 6.14. The van der Waals surface area contributed by atoms with Gasteiger partial charge in [-0.05, 0) is 50.8 Å². The van der Waals surface area contributed by atoms with Gasteiger partial charge in [0, 0.05) is 12.6 Å². The predicted molar refractivity (Wildman–Crippen MR) is 87.4 cm³/mol. The van der Waals surface area contributed by atoms with Crippen LogP contribution in [0.5, 0.6) is 0 Å². The van der Waals surface area contributed by atoms with E-state index in [4.69, 9.17) is 35.4 Å². The van der Waals surface area contributed by atoms with E-state index in [-0.39, 0.29) is 0 Å².